The van der Waals surface area contributed by atoms with Gasteiger partial charge in [0.1, 0.15) is 12.7 Å². The standard InChI is InChI=1S/C38H63O10P/c1-3-5-7-9-11-13-15-17-19-21-23-25-27-29-37(41)45-33-36(34-47-49(43,44)46-32-35(40)31-39)48-38(42)30-28-26-24-22-20-18-16-14-12-10-8-6-4-2/h6,8,10,12,14,16-20,23,25,35-36,39-40H,3-5,7,9,11,13,15,21-22,24,26-34H2,1-2H3,(H,43,44)/b8-6+,12-10+,16-14+,19-17+,20-18+,25-23+/t35-,36?/m0/s1. The fourth-order valence-electron chi connectivity index (χ4n) is 4.17. The summed E-state index contributed by atoms with van der Waals surface area (Å²) < 4.78 is 32.4. The highest BCUT2D eigenvalue weighted by molar-refractivity contribution is 7.47. The van der Waals surface area contributed by atoms with Gasteiger partial charge in [-0.1, -0.05) is 125 Å². The maximum Gasteiger partial charge on any atom is 0.472 e. The van der Waals surface area contributed by atoms with Crippen molar-refractivity contribution >= 4 is 19.8 Å². The Labute approximate surface area is 295 Å². The molecular weight excluding hydrogens is 647 g/mol. The van der Waals surface area contributed by atoms with Gasteiger partial charge in [0.05, 0.1) is 19.8 Å². The lowest BCUT2D eigenvalue weighted by Gasteiger charge is -2.20. The first-order valence-corrected chi connectivity index (χ1v) is 19.4. The summed E-state index contributed by atoms with van der Waals surface area (Å²) in [5.74, 6) is -1.06. The summed E-state index contributed by atoms with van der Waals surface area (Å²) in [7, 11) is -4.63. The van der Waals surface area contributed by atoms with Crippen LogP contribution in [0.1, 0.15) is 117 Å². The van der Waals surface area contributed by atoms with Crippen molar-refractivity contribution in [2.75, 3.05) is 26.4 Å². The minimum Gasteiger partial charge on any atom is -0.462 e. The van der Waals surface area contributed by atoms with Crippen LogP contribution in [-0.2, 0) is 32.7 Å². The van der Waals surface area contributed by atoms with Crippen molar-refractivity contribution in [1.82, 2.24) is 0 Å². The molecule has 11 heteroatoms. The number of aliphatic hydroxyl groups excluding tert-OH is 2. The lowest BCUT2D eigenvalue weighted by Crippen LogP contribution is -2.29. The maximum atomic E-state index is 12.5. The van der Waals surface area contributed by atoms with Gasteiger partial charge in [-0.15, -0.1) is 0 Å². The second kappa shape index (κ2) is 33.9. The minimum absolute atomic E-state index is 0.122. The van der Waals surface area contributed by atoms with Gasteiger partial charge in [0.2, 0.25) is 0 Å². The van der Waals surface area contributed by atoms with Gasteiger partial charge in [-0.2, -0.15) is 0 Å². The van der Waals surface area contributed by atoms with Crippen LogP contribution in [0, 0.1) is 0 Å². The van der Waals surface area contributed by atoms with Crippen LogP contribution in [-0.4, -0.2) is 65.7 Å². The van der Waals surface area contributed by atoms with Crippen LogP contribution >= 0.6 is 7.82 Å². The molecule has 0 aromatic heterocycles. The van der Waals surface area contributed by atoms with Crippen LogP contribution in [0.4, 0.5) is 0 Å². The molecule has 2 unspecified atom stereocenters. The number of phosphoric acid groups is 1. The van der Waals surface area contributed by atoms with Gasteiger partial charge in [0.15, 0.2) is 6.10 Å². The van der Waals surface area contributed by atoms with E-state index in [2.05, 4.69) is 42.7 Å². The zero-order valence-electron chi connectivity index (χ0n) is 29.9. The van der Waals surface area contributed by atoms with Crippen LogP contribution < -0.4 is 0 Å². The average Bonchev–Trinajstić information content (AvgIpc) is 3.09. The first-order valence-electron chi connectivity index (χ1n) is 17.9. The Bertz CT molecular complexity index is 1050. The third kappa shape index (κ3) is 33.7. The summed E-state index contributed by atoms with van der Waals surface area (Å²) >= 11 is 0. The minimum atomic E-state index is -4.63. The molecular formula is C38H63O10P. The van der Waals surface area contributed by atoms with E-state index in [1.807, 2.05) is 48.6 Å². The Hall–Kier alpha value is -2.59. The fourth-order valence-corrected chi connectivity index (χ4v) is 4.96. The topological polar surface area (TPSA) is 149 Å². The molecule has 0 aromatic carbocycles. The Morgan fingerprint density at radius 1 is 0.653 bits per heavy atom. The number of rotatable bonds is 32. The van der Waals surface area contributed by atoms with Crippen molar-refractivity contribution in [3.8, 4) is 0 Å². The lowest BCUT2D eigenvalue weighted by atomic mass is 10.1. The summed E-state index contributed by atoms with van der Waals surface area (Å²) in [6.07, 6.45) is 36.1. The molecule has 0 heterocycles. The molecule has 0 rings (SSSR count). The monoisotopic (exact) mass is 710 g/mol. The molecule has 0 fully saturated rings. The number of aliphatic hydroxyl groups is 2. The van der Waals surface area contributed by atoms with Gasteiger partial charge in [0.25, 0.3) is 0 Å². The van der Waals surface area contributed by atoms with Crippen molar-refractivity contribution < 1.29 is 47.8 Å². The van der Waals surface area contributed by atoms with E-state index in [0.717, 1.165) is 38.5 Å². The number of carbonyl (C=O) groups is 2. The average molecular weight is 711 g/mol. The quantitative estimate of drug-likeness (QED) is 0.0204. The lowest BCUT2D eigenvalue weighted by molar-refractivity contribution is -0.161. The van der Waals surface area contributed by atoms with Crippen LogP contribution in [0.3, 0.4) is 0 Å². The van der Waals surface area contributed by atoms with Crippen molar-refractivity contribution in [3.63, 3.8) is 0 Å². The summed E-state index contributed by atoms with van der Waals surface area (Å²) in [4.78, 5) is 34.7. The van der Waals surface area contributed by atoms with Crippen molar-refractivity contribution in [3.05, 3.63) is 72.9 Å². The third-order valence-electron chi connectivity index (χ3n) is 6.95. The molecule has 3 N–H and O–H groups in total. The predicted molar refractivity (Wildman–Crippen MR) is 196 cm³/mol. The first kappa shape index (κ1) is 46.4. The van der Waals surface area contributed by atoms with Gasteiger partial charge < -0.3 is 24.6 Å². The molecule has 3 atom stereocenters. The van der Waals surface area contributed by atoms with E-state index in [1.165, 1.54) is 38.5 Å². The summed E-state index contributed by atoms with van der Waals surface area (Å²) in [6.45, 7) is 2.07. The second-order valence-corrected chi connectivity index (χ2v) is 13.1. The molecule has 0 aliphatic heterocycles. The van der Waals surface area contributed by atoms with E-state index in [4.69, 9.17) is 19.1 Å². The van der Waals surface area contributed by atoms with Crippen LogP contribution in [0.25, 0.3) is 0 Å². The third-order valence-corrected chi connectivity index (χ3v) is 7.90. The molecule has 0 bridgehead atoms. The van der Waals surface area contributed by atoms with E-state index in [0.29, 0.717) is 12.8 Å². The SMILES string of the molecule is CC/C=C/C=C/C=C/C=C/CCCCCC(=O)OC(COC(=O)CC/C=C/C/C=C/CCCCCCCC)COP(=O)(O)OC[C@@H](O)CO. The van der Waals surface area contributed by atoms with E-state index >= 15 is 0 Å². The Balaban J connectivity index is 4.58. The van der Waals surface area contributed by atoms with Gasteiger partial charge in [-0.25, -0.2) is 4.57 Å². The Morgan fingerprint density at radius 3 is 1.94 bits per heavy atom. The number of ether oxygens (including phenoxy) is 2. The van der Waals surface area contributed by atoms with Crippen LogP contribution in [0.5, 0.6) is 0 Å². The molecule has 0 spiro atoms. The molecule has 49 heavy (non-hydrogen) atoms. The number of unbranched alkanes of at least 4 members (excludes halogenated alkanes) is 9. The van der Waals surface area contributed by atoms with Gasteiger partial charge in [-0.3, -0.25) is 18.6 Å². The highest BCUT2D eigenvalue weighted by Gasteiger charge is 2.27. The van der Waals surface area contributed by atoms with E-state index in [-0.39, 0.29) is 19.4 Å². The molecule has 0 amide bonds. The van der Waals surface area contributed by atoms with Crippen molar-refractivity contribution in [1.29, 1.82) is 0 Å². The van der Waals surface area contributed by atoms with Gasteiger partial charge in [-0.05, 0) is 51.4 Å². The highest BCUT2D eigenvalue weighted by atomic mass is 31.2. The Kier molecular flexibility index (Phi) is 32.1. The van der Waals surface area contributed by atoms with E-state index in [9.17, 15) is 24.2 Å². The highest BCUT2D eigenvalue weighted by Crippen LogP contribution is 2.43. The second-order valence-electron chi connectivity index (χ2n) is 11.6. The molecule has 10 nitrogen and oxygen atoms in total. The smallest absolute Gasteiger partial charge is 0.462 e. The molecule has 0 aliphatic carbocycles. The fraction of sp³-hybridized carbons (Fsp3) is 0.632. The van der Waals surface area contributed by atoms with Crippen LogP contribution in [0.15, 0.2) is 72.9 Å². The van der Waals surface area contributed by atoms with E-state index in [1.54, 1.807) is 0 Å². The van der Waals surface area contributed by atoms with Gasteiger partial charge >= 0.3 is 19.8 Å². The molecule has 0 aliphatic rings. The summed E-state index contributed by atoms with van der Waals surface area (Å²) in [6, 6.07) is 0. The molecule has 280 valence electrons. The molecule has 0 radical (unpaired) electrons. The zero-order valence-corrected chi connectivity index (χ0v) is 30.8. The zero-order chi connectivity index (χ0) is 36.3. The number of esters is 2. The Morgan fingerprint density at radius 2 is 1.24 bits per heavy atom. The number of phosphoric ester groups is 1. The predicted octanol–water partition coefficient (Wildman–Crippen LogP) is 8.55. The van der Waals surface area contributed by atoms with Crippen molar-refractivity contribution in [2.45, 2.75) is 129 Å². The molecule has 0 saturated carbocycles. The van der Waals surface area contributed by atoms with Crippen LogP contribution in [0.2, 0.25) is 0 Å². The number of hydrogen-bond acceptors (Lipinski definition) is 9. The maximum absolute atomic E-state index is 12.5. The summed E-state index contributed by atoms with van der Waals surface area (Å²) in [5.41, 5.74) is 0. The number of allylic oxidation sites excluding steroid dienone is 12. The van der Waals surface area contributed by atoms with Crippen molar-refractivity contribution in [2.24, 2.45) is 0 Å². The largest absolute Gasteiger partial charge is 0.472 e. The number of carbonyl (C=O) groups excluding carboxylic acids is 2. The molecule has 0 aromatic rings. The molecule has 0 saturated heterocycles. The van der Waals surface area contributed by atoms with E-state index < -0.39 is 51.8 Å². The van der Waals surface area contributed by atoms with Gasteiger partial charge in [0, 0.05) is 12.8 Å². The number of hydrogen-bond donors (Lipinski definition) is 3. The summed E-state index contributed by atoms with van der Waals surface area (Å²) in [5, 5.41) is 18.2. The first-order chi connectivity index (χ1) is 23.7. The normalized spacial score (nSPS) is 15.0.